The molecule has 1 aliphatic rings. The minimum absolute atomic E-state index is 0.0600. The molecule has 1 saturated heterocycles. The lowest BCUT2D eigenvalue weighted by atomic mass is 10.2. The molecule has 1 aromatic heterocycles. The van der Waals surface area contributed by atoms with Crippen LogP contribution in [0.15, 0.2) is 40.1 Å². The van der Waals surface area contributed by atoms with Crippen molar-refractivity contribution >= 4 is 13.7 Å². The average Bonchev–Trinajstić information content (AvgIpc) is 3.25. The Hall–Kier alpha value is -2.79. The van der Waals surface area contributed by atoms with Crippen LogP contribution in [0.25, 0.3) is 0 Å². The molecule has 3 rings (SSSR count). The number of methoxy groups -OCH3 is 1. The van der Waals surface area contributed by atoms with Crippen molar-refractivity contribution < 1.29 is 32.3 Å². The number of halogens is 1. The molecule has 4 atom stereocenters. The summed E-state index contributed by atoms with van der Waals surface area (Å²) in [4.78, 5) is 37.7. The van der Waals surface area contributed by atoms with Gasteiger partial charge in [-0.15, -0.1) is 0 Å². The Bertz CT molecular complexity index is 1150. The average molecular weight is 485 g/mol. The molecule has 2 heterocycles. The van der Waals surface area contributed by atoms with Crippen LogP contribution in [0, 0.1) is 12.7 Å². The summed E-state index contributed by atoms with van der Waals surface area (Å²) >= 11 is 0. The number of aryl methyl sites for hydroxylation is 1. The number of aromatic amines is 1. The van der Waals surface area contributed by atoms with E-state index in [1.807, 2.05) is 0 Å². The Morgan fingerprint density at radius 2 is 2.03 bits per heavy atom. The monoisotopic (exact) mass is 485 g/mol. The normalized spacial score (nSPS) is 20.7. The highest BCUT2D eigenvalue weighted by Gasteiger charge is 2.35. The number of carbonyl (C=O) groups excluding carboxylic acids is 1. The van der Waals surface area contributed by atoms with Gasteiger partial charge in [0.1, 0.15) is 23.8 Å². The van der Waals surface area contributed by atoms with E-state index in [9.17, 15) is 23.3 Å². The van der Waals surface area contributed by atoms with Gasteiger partial charge < -0.3 is 14.0 Å². The quantitative estimate of drug-likeness (QED) is 0.403. The summed E-state index contributed by atoms with van der Waals surface area (Å²) in [5.41, 5.74) is -0.717. The molecule has 0 aliphatic carbocycles. The standard InChI is InChI=1S/C20H25FN3O8P/c1-12-10-24(20(27)22-18(12)25)17-9-8-16(31-17)11-30-33(28,23-13(2)19(26)29-3)32-15-6-4-14(21)5-7-15/h4-7,10,13,16-17H,8-9,11H2,1-3H3,(H,23,28)(H,22,25,27)/t13?,16-,17+,33?/m0/s1. The summed E-state index contributed by atoms with van der Waals surface area (Å²) in [7, 11) is -2.94. The van der Waals surface area contributed by atoms with Crippen LogP contribution in [0.4, 0.5) is 4.39 Å². The van der Waals surface area contributed by atoms with Crippen molar-refractivity contribution in [2.45, 2.75) is 45.1 Å². The first-order valence-corrected chi connectivity index (χ1v) is 11.7. The van der Waals surface area contributed by atoms with Crippen molar-refractivity contribution in [1.29, 1.82) is 0 Å². The molecule has 33 heavy (non-hydrogen) atoms. The predicted molar refractivity (Wildman–Crippen MR) is 114 cm³/mol. The zero-order valence-corrected chi connectivity index (χ0v) is 19.2. The summed E-state index contributed by atoms with van der Waals surface area (Å²) in [6.45, 7) is 2.80. The van der Waals surface area contributed by atoms with Gasteiger partial charge in [0.05, 0.1) is 19.8 Å². The fourth-order valence-corrected chi connectivity index (χ4v) is 4.71. The molecule has 2 N–H and O–H groups in total. The van der Waals surface area contributed by atoms with Gasteiger partial charge in [0.2, 0.25) is 0 Å². The number of nitrogens with zero attached hydrogens (tertiary/aromatic N) is 1. The van der Waals surface area contributed by atoms with Crippen LogP contribution < -0.4 is 20.9 Å². The van der Waals surface area contributed by atoms with Gasteiger partial charge in [0.15, 0.2) is 0 Å². The van der Waals surface area contributed by atoms with Gasteiger partial charge in [0.25, 0.3) is 5.56 Å². The van der Waals surface area contributed by atoms with Gasteiger partial charge in [-0.2, -0.15) is 5.09 Å². The number of H-pyrrole nitrogens is 1. The number of nitrogens with one attached hydrogen (secondary N) is 2. The van der Waals surface area contributed by atoms with Gasteiger partial charge in [-0.25, -0.2) is 13.8 Å². The van der Waals surface area contributed by atoms with E-state index in [1.54, 1.807) is 6.92 Å². The van der Waals surface area contributed by atoms with Gasteiger partial charge in [-0.05, 0) is 51.0 Å². The smallest absolute Gasteiger partial charge is 0.459 e. The van der Waals surface area contributed by atoms with E-state index in [1.165, 1.54) is 36.9 Å². The van der Waals surface area contributed by atoms with E-state index in [4.69, 9.17) is 13.8 Å². The lowest BCUT2D eigenvalue weighted by Crippen LogP contribution is -2.35. The van der Waals surface area contributed by atoms with Gasteiger partial charge in [-0.3, -0.25) is 23.7 Å². The molecule has 1 fully saturated rings. The molecule has 2 aromatic rings. The molecule has 0 saturated carbocycles. The molecule has 11 nitrogen and oxygen atoms in total. The number of carbonyl (C=O) groups is 1. The lowest BCUT2D eigenvalue weighted by Gasteiger charge is -2.24. The number of aromatic nitrogens is 2. The molecule has 2 unspecified atom stereocenters. The van der Waals surface area contributed by atoms with Crippen LogP contribution in [0.2, 0.25) is 0 Å². The van der Waals surface area contributed by atoms with Crippen LogP contribution in [-0.4, -0.2) is 41.4 Å². The fourth-order valence-electron chi connectivity index (χ4n) is 3.19. The Balaban J connectivity index is 1.70. The van der Waals surface area contributed by atoms with Crippen LogP contribution in [-0.2, 0) is 23.4 Å². The predicted octanol–water partition coefficient (Wildman–Crippen LogP) is 2.02. The molecular formula is C20H25FN3O8P. The van der Waals surface area contributed by atoms with Crippen molar-refractivity contribution in [2.75, 3.05) is 13.7 Å². The maximum atomic E-state index is 13.3. The molecule has 1 aliphatic heterocycles. The van der Waals surface area contributed by atoms with Crippen molar-refractivity contribution in [3.8, 4) is 5.75 Å². The Morgan fingerprint density at radius 3 is 2.70 bits per heavy atom. The number of hydrogen-bond acceptors (Lipinski definition) is 8. The first kappa shape index (κ1) is 24.8. The first-order valence-electron chi connectivity index (χ1n) is 10.1. The minimum Gasteiger partial charge on any atom is -0.468 e. The van der Waals surface area contributed by atoms with Crippen LogP contribution in [0.1, 0.15) is 31.6 Å². The largest absolute Gasteiger partial charge is 0.468 e. The van der Waals surface area contributed by atoms with E-state index in [0.29, 0.717) is 18.4 Å². The lowest BCUT2D eigenvalue weighted by molar-refractivity contribution is -0.142. The van der Waals surface area contributed by atoms with Crippen molar-refractivity contribution in [1.82, 2.24) is 14.6 Å². The van der Waals surface area contributed by atoms with Gasteiger partial charge in [-0.1, -0.05) is 0 Å². The summed E-state index contributed by atoms with van der Waals surface area (Å²) < 4.78 is 49.2. The van der Waals surface area contributed by atoms with Gasteiger partial charge >= 0.3 is 19.4 Å². The summed E-state index contributed by atoms with van der Waals surface area (Å²) in [6, 6.07) is 3.75. The highest BCUT2D eigenvalue weighted by atomic mass is 31.2. The van der Waals surface area contributed by atoms with Crippen LogP contribution >= 0.6 is 7.75 Å². The van der Waals surface area contributed by atoms with Crippen LogP contribution in [0.3, 0.4) is 0 Å². The van der Waals surface area contributed by atoms with E-state index in [2.05, 4.69) is 14.8 Å². The number of rotatable bonds is 9. The maximum absolute atomic E-state index is 13.3. The highest BCUT2D eigenvalue weighted by Crippen LogP contribution is 2.45. The third-order valence-electron chi connectivity index (χ3n) is 4.92. The third-order valence-corrected chi connectivity index (χ3v) is 6.56. The second-order valence-corrected chi connectivity index (χ2v) is 9.18. The maximum Gasteiger partial charge on any atom is 0.459 e. The summed E-state index contributed by atoms with van der Waals surface area (Å²) in [5, 5.41) is 2.49. The minimum atomic E-state index is -4.12. The molecule has 180 valence electrons. The Labute approximate surface area is 188 Å². The number of ether oxygens (including phenoxy) is 2. The topological polar surface area (TPSA) is 138 Å². The van der Waals surface area contributed by atoms with E-state index in [-0.39, 0.29) is 12.4 Å². The number of esters is 1. The molecular weight excluding hydrogens is 460 g/mol. The second kappa shape index (κ2) is 10.4. The second-order valence-electron chi connectivity index (χ2n) is 7.48. The SMILES string of the molecule is COC(=O)C(C)NP(=O)(OC[C@@H]1CC[C@H](n2cc(C)c(=O)[nH]c2=O)O1)Oc1ccc(F)cc1. The highest BCUT2D eigenvalue weighted by molar-refractivity contribution is 7.52. The van der Waals surface area contributed by atoms with Crippen molar-refractivity contribution in [2.24, 2.45) is 0 Å². The van der Waals surface area contributed by atoms with E-state index >= 15 is 0 Å². The Kier molecular flexibility index (Phi) is 7.85. The van der Waals surface area contributed by atoms with E-state index < -0.39 is 49.2 Å². The third kappa shape index (κ3) is 6.38. The number of hydrogen-bond donors (Lipinski definition) is 2. The molecule has 13 heteroatoms. The first-order chi connectivity index (χ1) is 15.6. The zero-order chi connectivity index (χ0) is 24.2. The van der Waals surface area contributed by atoms with Crippen molar-refractivity contribution in [3.63, 3.8) is 0 Å². The molecule has 1 aromatic carbocycles. The molecule has 0 amide bonds. The van der Waals surface area contributed by atoms with E-state index in [0.717, 1.165) is 12.1 Å². The van der Waals surface area contributed by atoms with Gasteiger partial charge in [0, 0.05) is 11.8 Å². The molecule has 0 spiro atoms. The fraction of sp³-hybridized carbons (Fsp3) is 0.450. The van der Waals surface area contributed by atoms with Crippen LogP contribution in [0.5, 0.6) is 5.75 Å². The van der Waals surface area contributed by atoms with Crippen molar-refractivity contribution in [3.05, 3.63) is 62.7 Å². The summed E-state index contributed by atoms with van der Waals surface area (Å²) in [5.74, 6) is -1.14. The molecule has 0 radical (unpaired) electrons. The summed E-state index contributed by atoms with van der Waals surface area (Å²) in [6.07, 6.45) is 1.15. The zero-order valence-electron chi connectivity index (χ0n) is 18.3. The molecule has 0 bridgehead atoms. The number of benzene rings is 1. The Morgan fingerprint density at radius 1 is 1.33 bits per heavy atom.